The van der Waals surface area contributed by atoms with Crippen LogP contribution in [0.15, 0.2) is 55.4 Å². The normalized spacial score (nSPS) is 9.95. The number of carbonyl (C=O) groups excluding carboxylic acids is 1. The lowest BCUT2D eigenvalue weighted by Gasteiger charge is -2.06. The lowest BCUT2D eigenvalue weighted by molar-refractivity contribution is 0.102. The van der Waals surface area contributed by atoms with Crippen LogP contribution in [0, 0.1) is 11.3 Å². The summed E-state index contributed by atoms with van der Waals surface area (Å²) < 4.78 is 1.71. The van der Waals surface area contributed by atoms with E-state index >= 15 is 0 Å². The van der Waals surface area contributed by atoms with E-state index in [4.69, 9.17) is 5.26 Å². The summed E-state index contributed by atoms with van der Waals surface area (Å²) in [6.07, 6.45) is 6.35. The van der Waals surface area contributed by atoms with Crippen LogP contribution in [0.3, 0.4) is 0 Å². The second kappa shape index (κ2) is 5.85. The van der Waals surface area contributed by atoms with Gasteiger partial charge in [-0.1, -0.05) is 0 Å². The number of rotatable bonds is 3. The largest absolute Gasteiger partial charge is 0.306 e. The van der Waals surface area contributed by atoms with Crippen LogP contribution in [0.4, 0.5) is 5.82 Å². The van der Waals surface area contributed by atoms with Crippen molar-refractivity contribution in [1.82, 2.24) is 19.5 Å². The Morgan fingerprint density at radius 2 is 2.05 bits per heavy atom. The monoisotopic (exact) mass is 290 g/mol. The number of nitrogens with zero attached hydrogens (tertiary/aromatic N) is 5. The summed E-state index contributed by atoms with van der Waals surface area (Å²) in [6, 6.07) is 10.0. The Hall–Kier alpha value is -3.53. The molecule has 1 amide bonds. The van der Waals surface area contributed by atoms with Crippen molar-refractivity contribution in [2.75, 3.05) is 5.32 Å². The highest BCUT2D eigenvalue weighted by Crippen LogP contribution is 2.11. The minimum atomic E-state index is -0.306. The zero-order valence-corrected chi connectivity index (χ0v) is 11.3. The van der Waals surface area contributed by atoms with E-state index < -0.39 is 0 Å². The van der Waals surface area contributed by atoms with Crippen molar-refractivity contribution in [3.8, 4) is 11.9 Å². The summed E-state index contributed by atoms with van der Waals surface area (Å²) in [5.74, 6) is 0.676. The first-order chi connectivity index (χ1) is 10.8. The lowest BCUT2D eigenvalue weighted by Crippen LogP contribution is -2.13. The number of nitriles is 1. The lowest BCUT2D eigenvalue weighted by atomic mass is 10.1. The SMILES string of the molecule is N#Cc1ccc(C(=O)Nc2cc(-n3ccnc3)ncn2)cc1. The highest BCUT2D eigenvalue weighted by molar-refractivity contribution is 6.03. The maximum Gasteiger partial charge on any atom is 0.256 e. The van der Waals surface area contributed by atoms with Crippen molar-refractivity contribution in [1.29, 1.82) is 5.26 Å². The molecular weight excluding hydrogens is 280 g/mol. The van der Waals surface area contributed by atoms with Crippen LogP contribution in [0.25, 0.3) is 5.82 Å². The summed E-state index contributed by atoms with van der Waals surface area (Å²) in [4.78, 5) is 24.2. The van der Waals surface area contributed by atoms with Crippen LogP contribution in [0.1, 0.15) is 15.9 Å². The maximum absolute atomic E-state index is 12.1. The van der Waals surface area contributed by atoms with Crippen LogP contribution in [-0.2, 0) is 0 Å². The molecule has 0 saturated heterocycles. The zero-order chi connectivity index (χ0) is 15.4. The Balaban J connectivity index is 1.79. The summed E-state index contributed by atoms with van der Waals surface area (Å²) in [6.45, 7) is 0. The first-order valence-corrected chi connectivity index (χ1v) is 6.38. The number of imidazole rings is 1. The van der Waals surface area contributed by atoms with Gasteiger partial charge in [-0.3, -0.25) is 9.36 Å². The van der Waals surface area contributed by atoms with Crippen LogP contribution >= 0.6 is 0 Å². The molecule has 0 spiro atoms. The Bertz CT molecular complexity index is 833. The fraction of sp³-hybridized carbons (Fsp3) is 0. The van der Waals surface area contributed by atoms with E-state index in [1.165, 1.54) is 6.33 Å². The third-order valence-corrected chi connectivity index (χ3v) is 2.94. The fourth-order valence-corrected chi connectivity index (χ4v) is 1.84. The van der Waals surface area contributed by atoms with Crippen LogP contribution in [-0.4, -0.2) is 25.4 Å². The summed E-state index contributed by atoms with van der Waals surface area (Å²) in [7, 11) is 0. The predicted octanol–water partition coefficient (Wildman–Crippen LogP) is 1.79. The van der Waals surface area contributed by atoms with Crippen molar-refractivity contribution < 1.29 is 4.79 Å². The molecular formula is C15H10N6O. The highest BCUT2D eigenvalue weighted by Gasteiger charge is 2.08. The van der Waals surface area contributed by atoms with Crippen LogP contribution < -0.4 is 5.32 Å². The average molecular weight is 290 g/mol. The van der Waals surface area contributed by atoms with Gasteiger partial charge in [0.05, 0.1) is 11.6 Å². The molecule has 0 aliphatic rings. The van der Waals surface area contributed by atoms with Gasteiger partial charge >= 0.3 is 0 Å². The van der Waals surface area contributed by atoms with Crippen LogP contribution in [0.2, 0.25) is 0 Å². The minimum absolute atomic E-state index is 0.306. The number of nitrogens with one attached hydrogen (secondary N) is 1. The molecule has 0 fully saturated rings. The third-order valence-electron chi connectivity index (χ3n) is 2.94. The van der Waals surface area contributed by atoms with Crippen molar-refractivity contribution >= 4 is 11.7 Å². The Morgan fingerprint density at radius 3 is 2.73 bits per heavy atom. The zero-order valence-electron chi connectivity index (χ0n) is 11.3. The molecule has 7 heteroatoms. The second-order valence-corrected chi connectivity index (χ2v) is 4.37. The van der Waals surface area contributed by atoms with Gasteiger partial charge in [0.1, 0.15) is 24.3 Å². The molecule has 0 aliphatic carbocycles. The maximum atomic E-state index is 12.1. The van der Waals surface area contributed by atoms with Gasteiger partial charge in [-0.05, 0) is 24.3 Å². The number of amides is 1. The molecule has 3 aromatic rings. The number of hydrogen-bond donors (Lipinski definition) is 1. The molecule has 106 valence electrons. The highest BCUT2D eigenvalue weighted by atomic mass is 16.1. The topological polar surface area (TPSA) is 96.5 Å². The van der Waals surface area contributed by atoms with E-state index in [-0.39, 0.29) is 5.91 Å². The van der Waals surface area contributed by atoms with Gasteiger partial charge in [-0.15, -0.1) is 0 Å². The molecule has 0 unspecified atom stereocenters. The van der Waals surface area contributed by atoms with Gasteiger partial charge < -0.3 is 5.32 Å². The quantitative estimate of drug-likeness (QED) is 0.793. The van der Waals surface area contributed by atoms with E-state index in [1.807, 2.05) is 6.07 Å². The van der Waals surface area contributed by atoms with Gasteiger partial charge in [-0.25, -0.2) is 15.0 Å². The summed E-state index contributed by atoms with van der Waals surface area (Å²) >= 11 is 0. The second-order valence-electron chi connectivity index (χ2n) is 4.37. The first kappa shape index (κ1) is 13.5. The number of carbonyl (C=O) groups is 1. The Labute approximate surface area is 125 Å². The van der Waals surface area contributed by atoms with Gasteiger partial charge in [-0.2, -0.15) is 5.26 Å². The average Bonchev–Trinajstić information content (AvgIpc) is 3.10. The molecule has 0 atom stereocenters. The van der Waals surface area contributed by atoms with Crippen LogP contribution in [0.5, 0.6) is 0 Å². The number of aromatic nitrogens is 4. The summed E-state index contributed by atoms with van der Waals surface area (Å²) in [5.41, 5.74) is 0.947. The van der Waals surface area contributed by atoms with Gasteiger partial charge in [0.15, 0.2) is 0 Å². The van der Waals surface area contributed by atoms with Gasteiger partial charge in [0, 0.05) is 24.0 Å². The number of hydrogen-bond acceptors (Lipinski definition) is 5. The minimum Gasteiger partial charge on any atom is -0.306 e. The molecule has 2 heterocycles. The molecule has 0 radical (unpaired) electrons. The first-order valence-electron chi connectivity index (χ1n) is 6.38. The van der Waals surface area contributed by atoms with E-state index in [9.17, 15) is 4.79 Å². The molecule has 3 rings (SSSR count). The molecule has 2 aromatic heterocycles. The molecule has 0 saturated carbocycles. The van der Waals surface area contributed by atoms with Gasteiger partial charge in [0.25, 0.3) is 5.91 Å². The fourth-order valence-electron chi connectivity index (χ4n) is 1.84. The molecule has 22 heavy (non-hydrogen) atoms. The molecule has 1 N–H and O–H groups in total. The van der Waals surface area contributed by atoms with Crippen molar-refractivity contribution in [3.63, 3.8) is 0 Å². The summed E-state index contributed by atoms with van der Waals surface area (Å²) in [5, 5.41) is 11.4. The Morgan fingerprint density at radius 1 is 1.23 bits per heavy atom. The van der Waals surface area contributed by atoms with E-state index in [2.05, 4.69) is 20.3 Å². The van der Waals surface area contributed by atoms with E-state index in [1.54, 1.807) is 53.6 Å². The van der Waals surface area contributed by atoms with Crippen molar-refractivity contribution in [2.24, 2.45) is 0 Å². The molecule has 1 aromatic carbocycles. The Kier molecular flexibility index (Phi) is 3.58. The number of benzene rings is 1. The van der Waals surface area contributed by atoms with E-state index in [0.717, 1.165) is 0 Å². The standard InChI is InChI=1S/C15H10N6O/c16-8-11-1-3-12(4-2-11)15(22)20-13-7-14(19-9-18-13)21-6-5-17-10-21/h1-7,9-10H,(H,18,19,20,22). The molecule has 0 bridgehead atoms. The van der Waals surface area contributed by atoms with E-state index in [0.29, 0.717) is 22.8 Å². The third kappa shape index (κ3) is 2.81. The number of anilines is 1. The molecule has 0 aliphatic heterocycles. The van der Waals surface area contributed by atoms with Crippen molar-refractivity contribution in [3.05, 3.63) is 66.5 Å². The smallest absolute Gasteiger partial charge is 0.256 e. The van der Waals surface area contributed by atoms with Gasteiger partial charge in [0.2, 0.25) is 0 Å². The van der Waals surface area contributed by atoms with Crippen molar-refractivity contribution in [2.45, 2.75) is 0 Å². The predicted molar refractivity (Wildman–Crippen MR) is 78.3 cm³/mol. The molecule has 7 nitrogen and oxygen atoms in total.